The zero-order valence-corrected chi connectivity index (χ0v) is 13.0. The maximum atomic E-state index is 12.7. The second-order valence-corrected chi connectivity index (χ2v) is 5.26. The third kappa shape index (κ3) is 2.48. The molecule has 0 unspecified atom stereocenters. The van der Waals surface area contributed by atoms with Crippen LogP contribution >= 0.6 is 0 Å². The van der Waals surface area contributed by atoms with Crippen LogP contribution in [-0.2, 0) is 4.74 Å². The number of aromatic nitrogens is 2. The van der Waals surface area contributed by atoms with E-state index >= 15 is 0 Å². The number of rotatable bonds is 3. The van der Waals surface area contributed by atoms with Gasteiger partial charge in [0.25, 0.3) is 5.78 Å². The Morgan fingerprint density at radius 3 is 2.30 bits per heavy atom. The molecule has 0 fully saturated rings. The number of hydrogen-bond acceptors (Lipinski definition) is 6. The van der Waals surface area contributed by atoms with Crippen molar-refractivity contribution in [1.29, 1.82) is 0 Å². The van der Waals surface area contributed by atoms with Crippen LogP contribution < -0.4 is 5.32 Å². The smallest absolute Gasteiger partial charge is 0.250 e. The number of fused-ring (bicyclic) bond motifs is 1. The first-order chi connectivity index (χ1) is 11.0. The number of allylic oxidation sites excluding steroid dienone is 2. The van der Waals surface area contributed by atoms with Gasteiger partial charge in [-0.25, -0.2) is 9.97 Å². The summed E-state index contributed by atoms with van der Waals surface area (Å²) in [6.45, 7) is 3.86. The van der Waals surface area contributed by atoms with Crippen molar-refractivity contribution in [3.8, 4) is 0 Å². The molecule has 1 aromatic carbocycles. The Kier molecular flexibility index (Phi) is 3.65. The first kappa shape index (κ1) is 14.9. The van der Waals surface area contributed by atoms with E-state index < -0.39 is 11.6 Å². The van der Waals surface area contributed by atoms with Crippen molar-refractivity contribution < 1.29 is 14.3 Å². The maximum absolute atomic E-state index is 12.7. The normalized spacial score (nSPS) is 13.9. The number of carbonyl (C=O) groups excluding carboxylic acids is 2. The molecule has 6 nitrogen and oxygen atoms in total. The molecule has 0 saturated carbocycles. The minimum atomic E-state index is -0.456. The van der Waals surface area contributed by atoms with Gasteiger partial charge in [-0.3, -0.25) is 9.59 Å². The average Bonchev–Trinajstić information content (AvgIpc) is 2.56. The van der Waals surface area contributed by atoms with Gasteiger partial charge in [0.1, 0.15) is 17.1 Å². The van der Waals surface area contributed by atoms with Crippen LogP contribution in [0.5, 0.6) is 0 Å². The van der Waals surface area contributed by atoms with Crippen LogP contribution in [0, 0.1) is 13.8 Å². The molecule has 23 heavy (non-hydrogen) atoms. The largest absolute Gasteiger partial charge is 0.491 e. The fraction of sp³-hybridized carbons (Fsp3) is 0.176. The molecule has 6 heteroatoms. The quantitative estimate of drug-likeness (QED) is 0.938. The van der Waals surface area contributed by atoms with E-state index in [0.29, 0.717) is 0 Å². The molecule has 1 aromatic heterocycles. The van der Waals surface area contributed by atoms with Gasteiger partial charge in [-0.2, -0.15) is 0 Å². The van der Waals surface area contributed by atoms with Crippen molar-refractivity contribution >= 4 is 17.3 Å². The first-order valence-electron chi connectivity index (χ1n) is 7.06. The molecule has 0 amide bonds. The summed E-state index contributed by atoms with van der Waals surface area (Å²) >= 11 is 0. The number of nitrogens with one attached hydrogen (secondary N) is 1. The molecule has 0 atom stereocenters. The maximum Gasteiger partial charge on any atom is 0.250 e. The number of carbonyl (C=O) groups is 2. The molecule has 1 aliphatic rings. The highest BCUT2D eigenvalue weighted by Gasteiger charge is 2.35. The van der Waals surface area contributed by atoms with Crippen molar-refractivity contribution in [1.82, 2.24) is 9.97 Å². The summed E-state index contributed by atoms with van der Waals surface area (Å²) in [7, 11) is 1.35. The number of ether oxygens (including phenoxy) is 1. The predicted molar refractivity (Wildman–Crippen MR) is 84.3 cm³/mol. The highest BCUT2D eigenvalue weighted by Crippen LogP contribution is 2.27. The Bertz CT molecular complexity index is 856. The van der Waals surface area contributed by atoms with Gasteiger partial charge in [0.15, 0.2) is 5.76 Å². The van der Waals surface area contributed by atoms with Gasteiger partial charge in [0.05, 0.1) is 7.11 Å². The Labute approximate surface area is 133 Å². The summed E-state index contributed by atoms with van der Waals surface area (Å²) in [6, 6.07) is 5.81. The Hall–Kier alpha value is -3.02. The van der Waals surface area contributed by atoms with E-state index in [1.807, 2.05) is 32.0 Å². The SMILES string of the molecule is COC1=C(Nc2cc(C)ccc2C)C(=O)c2nccnc2C1=O. The van der Waals surface area contributed by atoms with Crippen LogP contribution in [0.2, 0.25) is 0 Å². The van der Waals surface area contributed by atoms with Crippen LogP contribution in [0.25, 0.3) is 0 Å². The number of ketones is 2. The molecule has 1 N–H and O–H groups in total. The van der Waals surface area contributed by atoms with Crippen molar-refractivity contribution in [2.75, 3.05) is 12.4 Å². The average molecular weight is 309 g/mol. The summed E-state index contributed by atoms with van der Waals surface area (Å²) in [5.41, 5.74) is 2.85. The summed E-state index contributed by atoms with van der Waals surface area (Å²) in [6.07, 6.45) is 2.76. The van der Waals surface area contributed by atoms with Gasteiger partial charge in [0.2, 0.25) is 5.78 Å². The Balaban J connectivity index is 2.11. The molecule has 2 aromatic rings. The number of hydrogen-bond donors (Lipinski definition) is 1. The van der Waals surface area contributed by atoms with Gasteiger partial charge in [-0.1, -0.05) is 12.1 Å². The standard InChI is InChI=1S/C17H15N3O3/c1-9-4-5-10(2)11(8-9)20-14-15(21)12-13(19-7-6-18-12)16(22)17(14)23-3/h4-8,20H,1-3H3. The van der Waals surface area contributed by atoms with Crippen molar-refractivity contribution in [2.45, 2.75) is 13.8 Å². The van der Waals surface area contributed by atoms with Gasteiger partial charge >= 0.3 is 0 Å². The highest BCUT2D eigenvalue weighted by molar-refractivity contribution is 6.25. The van der Waals surface area contributed by atoms with E-state index in [2.05, 4.69) is 15.3 Å². The molecule has 0 saturated heterocycles. The molecule has 0 radical (unpaired) electrons. The van der Waals surface area contributed by atoms with E-state index in [1.165, 1.54) is 19.5 Å². The number of benzene rings is 1. The number of aryl methyl sites for hydroxylation is 2. The third-order valence-electron chi connectivity index (χ3n) is 3.65. The molecular formula is C17H15N3O3. The van der Waals surface area contributed by atoms with E-state index in [0.717, 1.165) is 16.8 Å². The van der Waals surface area contributed by atoms with E-state index in [1.54, 1.807) is 0 Å². The van der Waals surface area contributed by atoms with Crippen LogP contribution in [0.1, 0.15) is 32.1 Å². The number of nitrogens with zero attached hydrogens (tertiary/aromatic N) is 2. The van der Waals surface area contributed by atoms with Crippen molar-refractivity contribution in [3.63, 3.8) is 0 Å². The molecular weight excluding hydrogens is 294 g/mol. The van der Waals surface area contributed by atoms with Crippen LogP contribution in [0.15, 0.2) is 42.0 Å². The zero-order chi connectivity index (χ0) is 16.6. The van der Waals surface area contributed by atoms with E-state index in [4.69, 9.17) is 4.74 Å². The van der Waals surface area contributed by atoms with E-state index in [9.17, 15) is 9.59 Å². The lowest BCUT2D eigenvalue weighted by atomic mass is 9.99. The topological polar surface area (TPSA) is 81.2 Å². The zero-order valence-electron chi connectivity index (χ0n) is 13.0. The molecule has 1 heterocycles. The lowest BCUT2D eigenvalue weighted by Crippen LogP contribution is -2.29. The summed E-state index contributed by atoms with van der Waals surface area (Å²) in [4.78, 5) is 33.1. The minimum absolute atomic E-state index is 0.0147. The van der Waals surface area contributed by atoms with Crippen molar-refractivity contribution in [3.05, 3.63) is 64.6 Å². The monoisotopic (exact) mass is 309 g/mol. The molecule has 3 rings (SSSR count). The molecule has 1 aliphatic carbocycles. The van der Waals surface area contributed by atoms with Crippen LogP contribution in [-0.4, -0.2) is 28.6 Å². The van der Waals surface area contributed by atoms with Gasteiger partial charge in [-0.15, -0.1) is 0 Å². The lowest BCUT2D eigenvalue weighted by molar-refractivity contribution is 0.0899. The van der Waals surface area contributed by atoms with Crippen LogP contribution in [0.4, 0.5) is 5.69 Å². The summed E-state index contributed by atoms with van der Waals surface area (Å²) in [5.74, 6) is -0.919. The number of Topliss-reactive ketones (excluding diaryl/α,β-unsaturated/α-hetero) is 2. The fourth-order valence-electron chi connectivity index (χ4n) is 2.43. The van der Waals surface area contributed by atoms with Crippen LogP contribution in [0.3, 0.4) is 0 Å². The first-order valence-corrected chi connectivity index (χ1v) is 7.06. The third-order valence-corrected chi connectivity index (χ3v) is 3.65. The van der Waals surface area contributed by atoms with Gasteiger partial charge in [-0.05, 0) is 31.0 Å². The Morgan fingerprint density at radius 2 is 1.65 bits per heavy atom. The molecule has 0 aliphatic heterocycles. The van der Waals surface area contributed by atoms with E-state index in [-0.39, 0.29) is 22.8 Å². The summed E-state index contributed by atoms with van der Waals surface area (Å²) in [5, 5.41) is 3.03. The Morgan fingerprint density at radius 1 is 1.00 bits per heavy atom. The number of anilines is 1. The summed E-state index contributed by atoms with van der Waals surface area (Å²) < 4.78 is 5.16. The highest BCUT2D eigenvalue weighted by atomic mass is 16.5. The van der Waals surface area contributed by atoms with Crippen molar-refractivity contribution in [2.24, 2.45) is 0 Å². The molecule has 0 bridgehead atoms. The second-order valence-electron chi connectivity index (χ2n) is 5.26. The number of methoxy groups -OCH3 is 1. The predicted octanol–water partition coefficient (Wildman–Crippen LogP) is 2.44. The second kappa shape index (κ2) is 5.64. The van der Waals surface area contributed by atoms with Gasteiger partial charge in [0, 0.05) is 18.1 Å². The van der Waals surface area contributed by atoms with Gasteiger partial charge < -0.3 is 10.1 Å². The minimum Gasteiger partial charge on any atom is -0.491 e. The molecule has 0 spiro atoms. The fourth-order valence-corrected chi connectivity index (χ4v) is 2.43. The molecule has 116 valence electrons. The lowest BCUT2D eigenvalue weighted by Gasteiger charge is -2.20.